The maximum absolute atomic E-state index is 12.8. The molecule has 12 heteroatoms. The fourth-order valence-electron chi connectivity index (χ4n) is 3.94. The summed E-state index contributed by atoms with van der Waals surface area (Å²) >= 11 is 0. The number of carbonyl (C=O) groups excluding carboxylic acids is 3. The number of rotatable bonds is 7. The molecule has 3 rings (SSSR count). The number of hydrogen-bond acceptors (Lipinski definition) is 7. The van der Waals surface area contributed by atoms with Crippen LogP contribution in [0.3, 0.4) is 0 Å². The summed E-state index contributed by atoms with van der Waals surface area (Å²) < 4.78 is 18.2. The fourth-order valence-corrected chi connectivity index (χ4v) is 4.70. The SMILES string of the molecule is COC(=O)Nc1ccc2c(c1)NC(=O)/C=C/CC[C@H](NC(=O)OC(C)(C)C)c1nc-2cn1COCC[Si](C)(C)C. The Morgan fingerprint density at radius 3 is 2.62 bits per heavy atom. The molecule has 0 aliphatic carbocycles. The zero-order valence-corrected chi connectivity index (χ0v) is 25.4. The van der Waals surface area contributed by atoms with Crippen molar-refractivity contribution < 1.29 is 28.6 Å². The van der Waals surface area contributed by atoms with Gasteiger partial charge in [-0.2, -0.15) is 0 Å². The number of fused-ring (bicyclic) bond motifs is 4. The smallest absolute Gasteiger partial charge is 0.411 e. The molecule has 3 amide bonds. The molecule has 0 unspecified atom stereocenters. The Balaban J connectivity index is 2.04. The van der Waals surface area contributed by atoms with Gasteiger partial charge in [-0.1, -0.05) is 25.7 Å². The topological polar surface area (TPSA) is 133 Å². The van der Waals surface area contributed by atoms with Crippen molar-refractivity contribution in [3.63, 3.8) is 0 Å². The Labute approximate surface area is 236 Å². The third-order valence-corrected chi connectivity index (χ3v) is 7.62. The van der Waals surface area contributed by atoms with Crippen LogP contribution in [0.1, 0.15) is 45.5 Å². The predicted molar refractivity (Wildman–Crippen MR) is 157 cm³/mol. The van der Waals surface area contributed by atoms with Gasteiger partial charge < -0.3 is 29.4 Å². The second-order valence-electron chi connectivity index (χ2n) is 11.8. The predicted octanol–water partition coefficient (Wildman–Crippen LogP) is 5.90. The second kappa shape index (κ2) is 13.1. The molecule has 2 heterocycles. The van der Waals surface area contributed by atoms with E-state index in [1.807, 2.05) is 10.8 Å². The number of benzene rings is 1. The summed E-state index contributed by atoms with van der Waals surface area (Å²) in [6.07, 6.45) is 4.85. The van der Waals surface area contributed by atoms with Gasteiger partial charge >= 0.3 is 12.2 Å². The monoisotopic (exact) mass is 571 g/mol. The molecule has 1 aromatic heterocycles. The Morgan fingerprint density at radius 2 is 1.95 bits per heavy atom. The third kappa shape index (κ3) is 9.52. The van der Waals surface area contributed by atoms with E-state index >= 15 is 0 Å². The summed E-state index contributed by atoms with van der Waals surface area (Å²) in [5, 5.41) is 8.46. The van der Waals surface area contributed by atoms with Crippen LogP contribution in [0.25, 0.3) is 11.3 Å². The molecule has 0 radical (unpaired) electrons. The van der Waals surface area contributed by atoms with Gasteiger partial charge in [0, 0.05) is 32.1 Å². The maximum Gasteiger partial charge on any atom is 0.411 e. The van der Waals surface area contributed by atoms with E-state index in [2.05, 4.69) is 35.6 Å². The number of aromatic nitrogens is 2. The normalized spacial score (nSPS) is 16.5. The summed E-state index contributed by atoms with van der Waals surface area (Å²) in [6, 6.07) is 5.61. The summed E-state index contributed by atoms with van der Waals surface area (Å²) in [4.78, 5) is 42.2. The van der Waals surface area contributed by atoms with Gasteiger partial charge in [0.1, 0.15) is 18.2 Å². The van der Waals surface area contributed by atoms with E-state index in [9.17, 15) is 14.4 Å². The Bertz CT molecular complexity index is 1240. The molecule has 2 aromatic rings. The fraction of sp³-hybridized carbons (Fsp3) is 0.500. The molecule has 40 heavy (non-hydrogen) atoms. The van der Waals surface area contributed by atoms with E-state index in [4.69, 9.17) is 19.2 Å². The van der Waals surface area contributed by atoms with Crippen molar-refractivity contribution in [2.75, 3.05) is 24.4 Å². The number of nitrogens with one attached hydrogen (secondary N) is 3. The Hall–Kier alpha value is -3.64. The van der Waals surface area contributed by atoms with Gasteiger partial charge in [0.05, 0.1) is 24.5 Å². The highest BCUT2D eigenvalue weighted by Gasteiger charge is 2.26. The van der Waals surface area contributed by atoms with E-state index in [1.54, 1.807) is 45.0 Å². The molecule has 218 valence electrons. The summed E-state index contributed by atoms with van der Waals surface area (Å²) in [6.45, 7) is 13.2. The number of anilines is 2. The highest BCUT2D eigenvalue weighted by molar-refractivity contribution is 6.76. The van der Waals surface area contributed by atoms with Crippen LogP contribution in [0.5, 0.6) is 0 Å². The van der Waals surface area contributed by atoms with E-state index < -0.39 is 31.9 Å². The number of allylic oxidation sites excluding steroid dienone is 1. The minimum atomic E-state index is -1.28. The number of ether oxygens (including phenoxy) is 3. The third-order valence-electron chi connectivity index (χ3n) is 5.91. The average Bonchev–Trinajstić information content (AvgIpc) is 3.25. The molecular formula is C28H41N5O6Si. The van der Waals surface area contributed by atoms with E-state index in [1.165, 1.54) is 13.2 Å². The number of alkyl carbamates (subject to hydrolysis) is 1. The maximum atomic E-state index is 12.8. The zero-order chi connectivity index (χ0) is 29.5. The van der Waals surface area contributed by atoms with E-state index in [-0.39, 0.29) is 12.6 Å². The molecule has 1 aromatic carbocycles. The van der Waals surface area contributed by atoms with Crippen molar-refractivity contribution in [2.24, 2.45) is 0 Å². The van der Waals surface area contributed by atoms with Gasteiger partial charge in [0.15, 0.2) is 0 Å². The average molecular weight is 572 g/mol. The number of nitrogens with zero attached hydrogens (tertiary/aromatic N) is 2. The number of methoxy groups -OCH3 is 1. The standard InChI is InChI=1S/C28H41N5O6Si/c1-28(2,3)39-27(36)32-21-10-8-9-11-24(34)30-22-16-19(29-26(35)37-4)12-13-20(22)23-17-33(25(21)31-23)18-38-14-15-40(5,6)7/h9,11-13,16-17,21H,8,10,14-15,18H2,1-7H3,(H,29,35)(H,30,34)(H,32,36)/b11-9+/t21-/m0/s1. The first-order chi connectivity index (χ1) is 18.7. The number of amides is 3. The molecule has 11 nitrogen and oxygen atoms in total. The van der Waals surface area contributed by atoms with E-state index in [0.717, 1.165) is 6.04 Å². The van der Waals surface area contributed by atoms with Gasteiger partial charge in [0.25, 0.3) is 0 Å². The lowest BCUT2D eigenvalue weighted by molar-refractivity contribution is -0.111. The molecule has 0 saturated carbocycles. The van der Waals surface area contributed by atoms with Crippen LogP contribution < -0.4 is 16.0 Å². The summed E-state index contributed by atoms with van der Waals surface area (Å²) in [5.41, 5.74) is 1.45. The highest BCUT2D eigenvalue weighted by atomic mass is 28.3. The number of carbonyl (C=O) groups is 3. The second-order valence-corrected chi connectivity index (χ2v) is 17.5. The number of hydrogen-bond donors (Lipinski definition) is 3. The Kier molecular flexibility index (Phi) is 10.1. The molecule has 0 fully saturated rings. The van der Waals surface area contributed by atoms with Crippen molar-refractivity contribution in [3.05, 3.63) is 42.4 Å². The minimum absolute atomic E-state index is 0.249. The molecule has 0 spiro atoms. The van der Waals surface area contributed by atoms with Crippen LogP contribution in [0, 0.1) is 0 Å². The van der Waals surface area contributed by atoms with Gasteiger partial charge in [-0.3, -0.25) is 10.1 Å². The highest BCUT2D eigenvalue weighted by Crippen LogP contribution is 2.33. The van der Waals surface area contributed by atoms with Gasteiger partial charge in [-0.15, -0.1) is 0 Å². The number of imidazole rings is 1. The van der Waals surface area contributed by atoms with Crippen molar-refractivity contribution >= 4 is 37.5 Å². The lowest BCUT2D eigenvalue weighted by Gasteiger charge is -2.24. The van der Waals surface area contributed by atoms with Crippen molar-refractivity contribution in [1.29, 1.82) is 0 Å². The molecule has 0 saturated heterocycles. The van der Waals surface area contributed by atoms with Crippen LogP contribution in [-0.4, -0.2) is 55.0 Å². The molecule has 3 N–H and O–H groups in total. The molecule has 1 aliphatic rings. The van der Waals surface area contributed by atoms with Crippen LogP contribution in [0.15, 0.2) is 36.5 Å². The van der Waals surface area contributed by atoms with Crippen molar-refractivity contribution in [2.45, 2.75) is 77.7 Å². The first kappa shape index (κ1) is 30.9. The van der Waals surface area contributed by atoms with Crippen LogP contribution in [0.4, 0.5) is 21.0 Å². The molecular weight excluding hydrogens is 530 g/mol. The van der Waals surface area contributed by atoms with Gasteiger partial charge in [0.2, 0.25) is 5.91 Å². The largest absolute Gasteiger partial charge is 0.453 e. The van der Waals surface area contributed by atoms with Gasteiger partial charge in [-0.05, 0) is 63.9 Å². The summed E-state index contributed by atoms with van der Waals surface area (Å²) in [5.74, 6) is 0.278. The summed E-state index contributed by atoms with van der Waals surface area (Å²) in [7, 11) is -0.00755. The molecule has 2 bridgehead atoms. The van der Waals surface area contributed by atoms with E-state index in [0.29, 0.717) is 47.9 Å². The van der Waals surface area contributed by atoms with Gasteiger partial charge in [-0.25, -0.2) is 14.6 Å². The zero-order valence-electron chi connectivity index (χ0n) is 24.4. The lowest BCUT2D eigenvalue weighted by atomic mass is 10.1. The quantitative estimate of drug-likeness (QED) is 0.279. The Morgan fingerprint density at radius 1 is 1.20 bits per heavy atom. The molecule has 1 atom stereocenters. The molecule has 1 aliphatic heterocycles. The van der Waals surface area contributed by atoms with Crippen LogP contribution >= 0.6 is 0 Å². The van der Waals surface area contributed by atoms with Crippen LogP contribution in [0.2, 0.25) is 25.7 Å². The van der Waals surface area contributed by atoms with Crippen LogP contribution in [-0.2, 0) is 25.7 Å². The lowest BCUT2D eigenvalue weighted by Crippen LogP contribution is -2.36. The van der Waals surface area contributed by atoms with Crippen molar-refractivity contribution in [3.8, 4) is 11.3 Å². The first-order valence-electron chi connectivity index (χ1n) is 13.4. The minimum Gasteiger partial charge on any atom is -0.453 e. The first-order valence-corrected chi connectivity index (χ1v) is 17.1. The van der Waals surface area contributed by atoms with Crippen molar-refractivity contribution in [1.82, 2.24) is 14.9 Å².